The van der Waals surface area contributed by atoms with Crippen LogP contribution < -0.4 is 5.32 Å². The van der Waals surface area contributed by atoms with Gasteiger partial charge in [-0.2, -0.15) is 10.2 Å². The summed E-state index contributed by atoms with van der Waals surface area (Å²) in [7, 11) is 0. The third kappa shape index (κ3) is 2.61. The molecule has 2 aliphatic rings. The van der Waals surface area contributed by atoms with E-state index in [2.05, 4.69) is 25.7 Å². The molecule has 0 saturated carbocycles. The second-order valence-corrected chi connectivity index (χ2v) is 6.46. The summed E-state index contributed by atoms with van der Waals surface area (Å²) < 4.78 is 0. The Morgan fingerprint density at radius 2 is 2.08 bits per heavy atom. The van der Waals surface area contributed by atoms with Gasteiger partial charge in [0.15, 0.2) is 5.69 Å². The van der Waals surface area contributed by atoms with Crippen molar-refractivity contribution in [1.82, 2.24) is 30.6 Å². The number of nitrogens with zero attached hydrogens (tertiary/aromatic N) is 3. The Hall–Kier alpha value is -1.86. The van der Waals surface area contributed by atoms with Gasteiger partial charge in [0.05, 0.1) is 11.7 Å². The number of carbonyl (C=O) groups excluding carboxylic acids is 1. The van der Waals surface area contributed by atoms with Gasteiger partial charge in [-0.15, -0.1) is 12.4 Å². The smallest absolute Gasteiger partial charge is 0.275 e. The zero-order chi connectivity index (χ0) is 16.0. The molecule has 0 spiro atoms. The molecule has 2 aromatic heterocycles. The van der Waals surface area contributed by atoms with Crippen molar-refractivity contribution >= 4 is 18.3 Å². The Morgan fingerprint density at radius 1 is 1.25 bits per heavy atom. The molecule has 2 aliphatic heterocycles. The van der Waals surface area contributed by atoms with Crippen molar-refractivity contribution in [3.8, 4) is 0 Å². The number of aromatic nitrogens is 4. The van der Waals surface area contributed by atoms with Gasteiger partial charge in [0.25, 0.3) is 5.91 Å². The molecule has 0 radical (unpaired) electrons. The SMILES string of the molecule is Cc1n[nH]c(C)c1C1CCCN1C(=O)c1n[nH]c2c1CNCC2.Cl. The highest BCUT2D eigenvalue weighted by atomic mass is 35.5. The van der Waals surface area contributed by atoms with E-state index in [1.807, 2.05) is 18.7 Å². The fourth-order valence-corrected chi connectivity index (χ4v) is 3.90. The quantitative estimate of drug-likeness (QED) is 0.770. The zero-order valence-corrected chi connectivity index (χ0v) is 14.8. The number of rotatable bonds is 2. The summed E-state index contributed by atoms with van der Waals surface area (Å²) in [6.45, 7) is 6.46. The van der Waals surface area contributed by atoms with Gasteiger partial charge in [0, 0.05) is 48.6 Å². The van der Waals surface area contributed by atoms with E-state index in [0.29, 0.717) is 5.69 Å². The standard InChI is InChI=1S/C16H22N6O.ClH/c1-9-14(10(2)19-18-9)13-4-3-7-22(13)16(23)15-11-8-17-6-5-12(11)20-21-15;/h13,17H,3-8H2,1-2H3,(H,18,19)(H,20,21);1H. The second-order valence-electron chi connectivity index (χ2n) is 6.46. The molecule has 0 bridgehead atoms. The lowest BCUT2D eigenvalue weighted by atomic mass is 10.0. The molecule has 1 unspecified atom stereocenters. The third-order valence-corrected chi connectivity index (χ3v) is 5.04. The molecule has 0 aromatic carbocycles. The van der Waals surface area contributed by atoms with Crippen LogP contribution in [0.25, 0.3) is 0 Å². The summed E-state index contributed by atoms with van der Waals surface area (Å²) in [5.74, 6) is 0.0358. The minimum atomic E-state index is 0. The Kier molecular flexibility index (Phi) is 4.64. The lowest BCUT2D eigenvalue weighted by molar-refractivity contribution is 0.0727. The molecular weight excluding hydrogens is 328 g/mol. The van der Waals surface area contributed by atoms with E-state index in [4.69, 9.17) is 0 Å². The van der Waals surface area contributed by atoms with Crippen molar-refractivity contribution in [3.63, 3.8) is 0 Å². The molecule has 0 aliphatic carbocycles. The minimum Gasteiger partial charge on any atom is -0.330 e. The molecule has 4 rings (SSSR count). The van der Waals surface area contributed by atoms with Gasteiger partial charge in [-0.05, 0) is 26.7 Å². The van der Waals surface area contributed by atoms with E-state index in [-0.39, 0.29) is 24.4 Å². The monoisotopic (exact) mass is 350 g/mol. The Morgan fingerprint density at radius 3 is 2.83 bits per heavy atom. The van der Waals surface area contributed by atoms with Crippen molar-refractivity contribution < 1.29 is 4.79 Å². The number of likely N-dealkylation sites (tertiary alicyclic amines) is 1. The first-order valence-corrected chi connectivity index (χ1v) is 8.26. The molecule has 1 fully saturated rings. The normalized spacial score (nSPS) is 19.9. The zero-order valence-electron chi connectivity index (χ0n) is 14.0. The topological polar surface area (TPSA) is 89.7 Å². The van der Waals surface area contributed by atoms with Gasteiger partial charge in [-0.3, -0.25) is 15.0 Å². The summed E-state index contributed by atoms with van der Waals surface area (Å²) in [6, 6.07) is 0.102. The summed E-state index contributed by atoms with van der Waals surface area (Å²) in [5, 5.41) is 18.0. The van der Waals surface area contributed by atoms with Crippen LogP contribution in [0.5, 0.6) is 0 Å². The summed E-state index contributed by atoms with van der Waals surface area (Å²) in [5.41, 5.74) is 5.91. The van der Waals surface area contributed by atoms with Crippen molar-refractivity contribution in [2.75, 3.05) is 13.1 Å². The minimum absolute atomic E-state index is 0. The molecular formula is C16H23ClN6O. The number of H-pyrrole nitrogens is 2. The first-order chi connectivity index (χ1) is 11.2. The fourth-order valence-electron chi connectivity index (χ4n) is 3.90. The highest BCUT2D eigenvalue weighted by molar-refractivity contribution is 5.94. The van der Waals surface area contributed by atoms with Crippen LogP contribution in [0.1, 0.15) is 57.6 Å². The van der Waals surface area contributed by atoms with Crippen LogP contribution in [0.15, 0.2) is 0 Å². The van der Waals surface area contributed by atoms with Gasteiger partial charge in [0.1, 0.15) is 0 Å². The molecule has 1 saturated heterocycles. The lowest BCUT2D eigenvalue weighted by Crippen LogP contribution is -2.33. The molecule has 130 valence electrons. The van der Waals surface area contributed by atoms with E-state index in [0.717, 1.165) is 61.5 Å². The van der Waals surface area contributed by atoms with Crippen molar-refractivity contribution in [2.24, 2.45) is 0 Å². The van der Waals surface area contributed by atoms with Gasteiger partial charge < -0.3 is 10.2 Å². The van der Waals surface area contributed by atoms with Gasteiger partial charge >= 0.3 is 0 Å². The highest BCUT2D eigenvalue weighted by Crippen LogP contribution is 2.36. The van der Waals surface area contributed by atoms with Crippen molar-refractivity contribution in [2.45, 2.75) is 45.7 Å². The number of aryl methyl sites for hydroxylation is 2. The lowest BCUT2D eigenvalue weighted by Gasteiger charge is -2.25. The van der Waals surface area contributed by atoms with E-state index in [1.54, 1.807) is 0 Å². The number of fused-ring (bicyclic) bond motifs is 1. The molecule has 1 atom stereocenters. The number of nitrogens with one attached hydrogen (secondary N) is 3. The van der Waals surface area contributed by atoms with E-state index in [1.165, 1.54) is 5.56 Å². The predicted molar refractivity (Wildman–Crippen MR) is 92.3 cm³/mol. The third-order valence-electron chi connectivity index (χ3n) is 5.04. The number of hydrogen-bond donors (Lipinski definition) is 3. The van der Waals surface area contributed by atoms with Gasteiger partial charge in [-0.25, -0.2) is 0 Å². The van der Waals surface area contributed by atoms with Gasteiger partial charge in [0.2, 0.25) is 0 Å². The van der Waals surface area contributed by atoms with Crippen LogP contribution in [0.4, 0.5) is 0 Å². The maximum Gasteiger partial charge on any atom is 0.275 e. The van der Waals surface area contributed by atoms with Crippen LogP contribution in [0, 0.1) is 13.8 Å². The highest BCUT2D eigenvalue weighted by Gasteiger charge is 2.35. The van der Waals surface area contributed by atoms with E-state index in [9.17, 15) is 4.79 Å². The number of hydrogen-bond acceptors (Lipinski definition) is 4. The average Bonchev–Trinajstić information content (AvgIpc) is 3.25. The number of halogens is 1. The molecule has 4 heterocycles. The Bertz CT molecular complexity index is 732. The summed E-state index contributed by atoms with van der Waals surface area (Å²) in [6.07, 6.45) is 2.90. The molecule has 1 amide bonds. The maximum atomic E-state index is 13.1. The van der Waals surface area contributed by atoms with E-state index < -0.39 is 0 Å². The number of amides is 1. The second kappa shape index (κ2) is 6.57. The first-order valence-electron chi connectivity index (χ1n) is 8.26. The molecule has 8 heteroatoms. The Labute approximate surface area is 147 Å². The molecule has 7 nitrogen and oxygen atoms in total. The number of carbonyl (C=O) groups is 1. The number of aromatic amines is 2. The van der Waals surface area contributed by atoms with Crippen LogP contribution in [-0.4, -0.2) is 44.3 Å². The maximum absolute atomic E-state index is 13.1. The summed E-state index contributed by atoms with van der Waals surface area (Å²) >= 11 is 0. The largest absolute Gasteiger partial charge is 0.330 e. The van der Waals surface area contributed by atoms with E-state index >= 15 is 0 Å². The predicted octanol–water partition coefficient (Wildman–Crippen LogP) is 1.79. The first kappa shape index (κ1) is 17.0. The Balaban J connectivity index is 0.00000169. The van der Waals surface area contributed by atoms with Gasteiger partial charge in [-0.1, -0.05) is 0 Å². The van der Waals surface area contributed by atoms with Crippen LogP contribution >= 0.6 is 12.4 Å². The van der Waals surface area contributed by atoms with Crippen molar-refractivity contribution in [3.05, 3.63) is 33.9 Å². The fraction of sp³-hybridized carbons (Fsp3) is 0.562. The van der Waals surface area contributed by atoms with Crippen molar-refractivity contribution in [1.29, 1.82) is 0 Å². The van der Waals surface area contributed by atoms with Crippen LogP contribution in [-0.2, 0) is 13.0 Å². The molecule has 3 N–H and O–H groups in total. The van der Waals surface area contributed by atoms with Crippen LogP contribution in [0.2, 0.25) is 0 Å². The van der Waals surface area contributed by atoms with Crippen LogP contribution in [0.3, 0.4) is 0 Å². The summed E-state index contributed by atoms with van der Waals surface area (Å²) in [4.78, 5) is 15.1. The molecule has 2 aromatic rings. The average molecular weight is 351 g/mol. The molecule has 24 heavy (non-hydrogen) atoms.